The van der Waals surface area contributed by atoms with E-state index in [1.165, 1.54) is 13.0 Å². The fourth-order valence-corrected chi connectivity index (χ4v) is 0. The summed E-state index contributed by atoms with van der Waals surface area (Å²) in [5.41, 5.74) is 0. The summed E-state index contributed by atoms with van der Waals surface area (Å²) in [4.78, 5) is 0. The van der Waals surface area contributed by atoms with Gasteiger partial charge in [-0.15, -0.1) is 0 Å². The van der Waals surface area contributed by atoms with Crippen LogP contribution < -0.4 is 0 Å². The Bertz CT molecular complexity index is 56.8. The molecule has 0 heterocycles. The lowest BCUT2D eigenvalue weighted by molar-refractivity contribution is 0.144. The van der Waals surface area contributed by atoms with Crippen LogP contribution in [0.4, 0.5) is 17.9 Å². The first-order chi connectivity index (χ1) is 4.18. The van der Waals surface area contributed by atoms with E-state index in [4.69, 9.17) is 0 Å². The van der Waals surface area contributed by atoms with E-state index in [-0.39, 0.29) is 11.1 Å². The normalized spacial score (nSPS) is 8.60. The van der Waals surface area contributed by atoms with E-state index in [9.17, 15) is 13.2 Å². The molecule has 0 aromatic rings. The Morgan fingerprint density at radius 1 is 1.40 bits per heavy atom. The minimum absolute atomic E-state index is 0. The summed E-state index contributed by atoms with van der Waals surface area (Å²) < 4.78 is 32.1. The number of hydrogen-bond donors (Lipinski definition) is 0. The van der Waals surface area contributed by atoms with E-state index in [0.717, 1.165) is 0 Å². The maximum atomic E-state index is 10.8. The van der Waals surface area contributed by atoms with Gasteiger partial charge in [-0.3, -0.25) is 4.70 Å². The molecule has 0 aliphatic carbocycles. The van der Waals surface area contributed by atoms with Crippen LogP contribution in [0.1, 0.15) is 20.3 Å². The monoisotopic (exact) mass is 160 g/mol. The third-order valence-electron chi connectivity index (χ3n) is 0.435. The molecule has 0 fully saturated rings. The second kappa shape index (κ2) is 15.8. The molecule has 0 radical (unpaired) electrons. The zero-order chi connectivity index (χ0) is 7.70. The summed E-state index contributed by atoms with van der Waals surface area (Å²) in [6.07, 6.45) is -0.310. The molecule has 10 heavy (non-hydrogen) atoms. The number of hydrogen-bond acceptors (Lipinski definition) is 0. The first-order valence-electron chi connectivity index (χ1n) is 2.68. The summed E-state index contributed by atoms with van der Waals surface area (Å²) in [5, 5.41) is 0. The second-order valence-corrected chi connectivity index (χ2v) is 1.26. The van der Waals surface area contributed by atoms with E-state index >= 15 is 0 Å². The van der Waals surface area contributed by atoms with Gasteiger partial charge in [-0.2, -0.15) is 0 Å². The van der Waals surface area contributed by atoms with E-state index in [0.29, 0.717) is 6.33 Å². The topological polar surface area (TPSA) is 0 Å². The van der Waals surface area contributed by atoms with Gasteiger partial charge in [0, 0.05) is 6.42 Å². The van der Waals surface area contributed by atoms with Crippen molar-refractivity contribution < 1.29 is 17.9 Å². The zero-order valence-electron chi connectivity index (χ0n) is 5.98. The third kappa shape index (κ3) is 51.4. The number of halogens is 4. The van der Waals surface area contributed by atoms with Crippen LogP contribution in [0.25, 0.3) is 0 Å². The Morgan fingerprint density at radius 2 is 1.60 bits per heavy atom. The van der Waals surface area contributed by atoms with E-state index in [1.807, 2.05) is 0 Å². The highest BCUT2D eigenvalue weighted by atomic mass is 19.3. The average molecular weight is 160 g/mol. The number of allylic oxidation sites excluding steroid dienone is 1. The van der Waals surface area contributed by atoms with Crippen molar-refractivity contribution in [1.82, 2.24) is 0 Å². The highest BCUT2D eigenvalue weighted by molar-refractivity contribution is 4.61. The van der Waals surface area contributed by atoms with Gasteiger partial charge in [0.05, 0.1) is 6.33 Å². The van der Waals surface area contributed by atoms with Crippen molar-refractivity contribution >= 4 is 0 Å². The summed E-state index contributed by atoms with van der Waals surface area (Å²) in [5.74, 6) is 0. The van der Waals surface area contributed by atoms with Crippen LogP contribution >= 0.6 is 0 Å². The van der Waals surface area contributed by atoms with Crippen molar-refractivity contribution in [3.63, 3.8) is 0 Å². The minimum Gasteiger partial charge on any atom is -0.269 e. The van der Waals surface area contributed by atoms with Crippen LogP contribution in [0.3, 0.4) is 0 Å². The molecule has 0 aromatic heterocycles. The van der Waals surface area contributed by atoms with E-state index < -0.39 is 6.43 Å². The van der Waals surface area contributed by atoms with Gasteiger partial charge in [0.1, 0.15) is 0 Å². The Morgan fingerprint density at radius 3 is 1.60 bits per heavy atom. The Balaban J connectivity index is -0.0000000910. The van der Waals surface area contributed by atoms with Crippen molar-refractivity contribution in [3.8, 4) is 0 Å². The van der Waals surface area contributed by atoms with Crippen LogP contribution in [0.2, 0.25) is 0 Å². The highest BCUT2D eigenvalue weighted by Crippen LogP contribution is 1.93. The SMILES string of the molecule is C/C=C/F.CCC(F)F.F. The molecular formula is C6H12F4. The predicted octanol–water partition coefficient (Wildman–Crippen LogP) is 3.30. The zero-order valence-corrected chi connectivity index (χ0v) is 5.98. The fourth-order valence-electron chi connectivity index (χ4n) is 0. The second-order valence-electron chi connectivity index (χ2n) is 1.26. The van der Waals surface area contributed by atoms with Gasteiger partial charge in [-0.1, -0.05) is 13.0 Å². The fraction of sp³-hybridized carbons (Fsp3) is 0.667. The van der Waals surface area contributed by atoms with Gasteiger partial charge >= 0.3 is 0 Å². The number of alkyl halides is 2. The van der Waals surface area contributed by atoms with Gasteiger partial charge in [0.15, 0.2) is 0 Å². The molecule has 0 aliphatic heterocycles. The van der Waals surface area contributed by atoms with Gasteiger partial charge in [0.25, 0.3) is 0 Å². The van der Waals surface area contributed by atoms with Crippen LogP contribution in [-0.2, 0) is 0 Å². The molecule has 0 rings (SSSR count). The van der Waals surface area contributed by atoms with E-state index in [2.05, 4.69) is 0 Å². The lowest BCUT2D eigenvalue weighted by Crippen LogP contribution is -1.80. The lowest BCUT2D eigenvalue weighted by atomic mass is 10.5. The highest BCUT2D eigenvalue weighted by Gasteiger charge is 1.91. The molecule has 0 aromatic carbocycles. The molecule has 0 spiro atoms. The van der Waals surface area contributed by atoms with E-state index in [1.54, 1.807) is 6.92 Å². The maximum Gasteiger partial charge on any atom is 0.238 e. The lowest BCUT2D eigenvalue weighted by Gasteiger charge is -1.81. The molecule has 0 saturated carbocycles. The van der Waals surface area contributed by atoms with Crippen LogP contribution in [-0.4, -0.2) is 6.43 Å². The first-order valence-corrected chi connectivity index (χ1v) is 2.68. The van der Waals surface area contributed by atoms with Gasteiger partial charge in [0.2, 0.25) is 6.43 Å². The van der Waals surface area contributed by atoms with Crippen molar-refractivity contribution in [2.24, 2.45) is 0 Å². The Kier molecular flexibility index (Phi) is 25.6. The van der Waals surface area contributed by atoms with Crippen molar-refractivity contribution in [3.05, 3.63) is 12.4 Å². The quantitative estimate of drug-likeness (QED) is 0.516. The molecule has 0 unspecified atom stereocenters. The summed E-state index contributed by atoms with van der Waals surface area (Å²) in [6.45, 7) is 3.07. The van der Waals surface area contributed by atoms with Crippen molar-refractivity contribution in [2.75, 3.05) is 0 Å². The standard InChI is InChI=1S/C3H6F2.C3H5F.FH/c1-2-3(4)5;1-2-3-4;/h3H,2H2,1H3;2-3H,1H3;1H/b;3-2+;. The van der Waals surface area contributed by atoms with Crippen molar-refractivity contribution in [2.45, 2.75) is 26.7 Å². The molecule has 64 valence electrons. The molecule has 0 amide bonds. The molecule has 4 heteroatoms. The molecule has 0 aliphatic rings. The minimum atomic E-state index is -2.12. The Labute approximate surface area is 58.1 Å². The van der Waals surface area contributed by atoms with Crippen molar-refractivity contribution in [1.29, 1.82) is 0 Å². The smallest absolute Gasteiger partial charge is 0.238 e. The summed E-state index contributed by atoms with van der Waals surface area (Å²) >= 11 is 0. The molecule has 0 saturated heterocycles. The summed E-state index contributed by atoms with van der Waals surface area (Å²) in [7, 11) is 0. The third-order valence-corrected chi connectivity index (χ3v) is 0.435. The molecule has 0 atom stereocenters. The average Bonchev–Trinajstić information content (AvgIpc) is 1.89. The molecular weight excluding hydrogens is 148 g/mol. The van der Waals surface area contributed by atoms with Gasteiger partial charge < -0.3 is 0 Å². The molecule has 0 N–H and O–H groups in total. The predicted molar refractivity (Wildman–Crippen MR) is 34.7 cm³/mol. The number of rotatable bonds is 1. The summed E-state index contributed by atoms with van der Waals surface area (Å²) in [6, 6.07) is 0. The van der Waals surface area contributed by atoms with Gasteiger partial charge in [-0.05, 0) is 6.92 Å². The first kappa shape index (κ1) is 16.2. The van der Waals surface area contributed by atoms with Crippen LogP contribution in [0.5, 0.6) is 0 Å². The maximum absolute atomic E-state index is 10.8. The largest absolute Gasteiger partial charge is 0.269 e. The molecule has 0 nitrogen and oxygen atoms in total. The van der Waals surface area contributed by atoms with Gasteiger partial charge in [-0.25, -0.2) is 13.2 Å². The Hall–Kier alpha value is -0.540. The van der Waals surface area contributed by atoms with Crippen LogP contribution in [0, 0.1) is 0 Å². The van der Waals surface area contributed by atoms with Crippen LogP contribution in [0.15, 0.2) is 12.4 Å². The molecule has 0 bridgehead atoms.